The molecule has 1 unspecified atom stereocenters. The number of carbonyl (C=O) groups is 2. The van der Waals surface area contributed by atoms with E-state index in [1.807, 2.05) is 6.92 Å². The minimum Gasteiger partial charge on any atom is -0.469 e. The summed E-state index contributed by atoms with van der Waals surface area (Å²) in [5, 5.41) is 6.53. The second kappa shape index (κ2) is 8.58. The van der Waals surface area contributed by atoms with Gasteiger partial charge in [0.05, 0.1) is 23.1 Å². The summed E-state index contributed by atoms with van der Waals surface area (Å²) in [6.07, 6.45) is 1.45. The van der Waals surface area contributed by atoms with E-state index in [-0.39, 0.29) is 30.3 Å². The van der Waals surface area contributed by atoms with Gasteiger partial charge in [0.25, 0.3) is 11.8 Å². The second-order valence-corrected chi connectivity index (χ2v) is 6.58. The largest absolute Gasteiger partial charge is 0.469 e. The molecule has 1 saturated heterocycles. The van der Waals surface area contributed by atoms with Gasteiger partial charge in [-0.05, 0) is 38.1 Å². The van der Waals surface area contributed by atoms with Crippen LogP contribution in [0.2, 0.25) is 5.02 Å². The van der Waals surface area contributed by atoms with Gasteiger partial charge in [-0.25, -0.2) is 0 Å². The monoisotopic (exact) mass is 397 g/mol. The molecule has 2 N–H and O–H groups in total. The molecule has 0 radical (unpaired) electrons. The first kappa shape index (κ1) is 20.3. The number of furan rings is 1. The van der Waals surface area contributed by atoms with Crippen LogP contribution in [0.25, 0.3) is 0 Å². The zero-order valence-electron chi connectivity index (χ0n) is 14.5. The fraction of sp³-hybridized carbons (Fsp3) is 0.333. The van der Waals surface area contributed by atoms with Gasteiger partial charge >= 0.3 is 0 Å². The lowest BCUT2D eigenvalue weighted by atomic mass is 10.1. The molecular formula is C18H21Cl2N3O3. The first-order chi connectivity index (χ1) is 12.0. The molecule has 1 fully saturated rings. The summed E-state index contributed by atoms with van der Waals surface area (Å²) < 4.78 is 5.16. The quantitative estimate of drug-likeness (QED) is 0.832. The number of amides is 2. The molecular weight excluding hydrogens is 377 g/mol. The van der Waals surface area contributed by atoms with Gasteiger partial charge in [-0.1, -0.05) is 11.6 Å². The lowest BCUT2D eigenvalue weighted by Crippen LogP contribution is -2.51. The van der Waals surface area contributed by atoms with Crippen molar-refractivity contribution in [2.75, 3.05) is 25.0 Å². The molecule has 1 aliphatic rings. The molecule has 1 aromatic carbocycles. The Bertz CT molecular complexity index is 807. The highest BCUT2D eigenvalue weighted by Gasteiger charge is 2.24. The predicted molar refractivity (Wildman–Crippen MR) is 103 cm³/mol. The normalized spacial score (nSPS) is 16.7. The van der Waals surface area contributed by atoms with E-state index in [9.17, 15) is 9.59 Å². The van der Waals surface area contributed by atoms with Crippen LogP contribution in [-0.4, -0.2) is 42.4 Å². The van der Waals surface area contributed by atoms with Gasteiger partial charge in [0.1, 0.15) is 5.76 Å². The highest BCUT2D eigenvalue weighted by Crippen LogP contribution is 2.24. The fourth-order valence-electron chi connectivity index (χ4n) is 2.90. The van der Waals surface area contributed by atoms with Gasteiger partial charge in [0.2, 0.25) is 0 Å². The van der Waals surface area contributed by atoms with Crippen molar-refractivity contribution >= 4 is 41.5 Å². The Labute approximate surface area is 163 Å². The summed E-state index contributed by atoms with van der Waals surface area (Å²) in [5.41, 5.74) is 1.25. The number of nitrogens with one attached hydrogen (secondary N) is 2. The number of hydrogen-bond donors (Lipinski definition) is 2. The highest BCUT2D eigenvalue weighted by atomic mass is 35.5. The fourth-order valence-corrected chi connectivity index (χ4v) is 3.08. The molecule has 26 heavy (non-hydrogen) atoms. The Morgan fingerprint density at radius 1 is 1.31 bits per heavy atom. The topological polar surface area (TPSA) is 74.6 Å². The number of nitrogens with zero attached hydrogens (tertiary/aromatic N) is 1. The van der Waals surface area contributed by atoms with Crippen LogP contribution in [0.1, 0.15) is 33.4 Å². The zero-order valence-corrected chi connectivity index (χ0v) is 16.1. The molecule has 0 aliphatic carbocycles. The molecule has 0 bridgehead atoms. The van der Waals surface area contributed by atoms with Gasteiger partial charge in [0.15, 0.2) is 0 Å². The van der Waals surface area contributed by atoms with E-state index >= 15 is 0 Å². The van der Waals surface area contributed by atoms with Crippen LogP contribution in [-0.2, 0) is 0 Å². The van der Waals surface area contributed by atoms with E-state index in [1.54, 1.807) is 36.1 Å². The van der Waals surface area contributed by atoms with E-state index in [2.05, 4.69) is 10.6 Å². The van der Waals surface area contributed by atoms with Gasteiger partial charge < -0.3 is 20.0 Å². The summed E-state index contributed by atoms with van der Waals surface area (Å²) in [5.74, 6) is 0.0591. The summed E-state index contributed by atoms with van der Waals surface area (Å²) in [7, 11) is 0. The molecule has 6 nitrogen and oxygen atoms in total. The van der Waals surface area contributed by atoms with Crippen LogP contribution >= 0.6 is 24.0 Å². The van der Waals surface area contributed by atoms with Crippen molar-refractivity contribution in [1.82, 2.24) is 10.2 Å². The molecule has 1 atom stereocenters. The van der Waals surface area contributed by atoms with Crippen molar-refractivity contribution in [1.29, 1.82) is 0 Å². The molecule has 3 rings (SSSR count). The van der Waals surface area contributed by atoms with E-state index < -0.39 is 0 Å². The average Bonchev–Trinajstić information content (AvgIpc) is 3.00. The zero-order chi connectivity index (χ0) is 18.0. The van der Waals surface area contributed by atoms with Crippen molar-refractivity contribution in [3.8, 4) is 0 Å². The highest BCUT2D eigenvalue weighted by molar-refractivity contribution is 6.31. The third-order valence-corrected chi connectivity index (χ3v) is 4.45. The van der Waals surface area contributed by atoms with Gasteiger partial charge in [0, 0.05) is 30.7 Å². The van der Waals surface area contributed by atoms with Crippen LogP contribution in [0.15, 0.2) is 34.9 Å². The number of anilines is 1. The SMILES string of the molecule is Cc1occc1C(=O)Nc1cc(Cl)ccc1C(=O)N1CCNC(C)C1.Cl. The Morgan fingerprint density at radius 2 is 2.08 bits per heavy atom. The van der Waals surface area contributed by atoms with Crippen molar-refractivity contribution in [3.63, 3.8) is 0 Å². The molecule has 2 heterocycles. The van der Waals surface area contributed by atoms with E-state index in [4.69, 9.17) is 16.0 Å². The number of carbonyl (C=O) groups excluding carboxylic acids is 2. The number of halogens is 2. The molecule has 140 valence electrons. The number of rotatable bonds is 3. The molecule has 1 aromatic heterocycles. The minimum absolute atomic E-state index is 0. The molecule has 2 amide bonds. The van der Waals surface area contributed by atoms with E-state index in [0.29, 0.717) is 40.7 Å². The number of hydrogen-bond acceptors (Lipinski definition) is 4. The average molecular weight is 398 g/mol. The maximum absolute atomic E-state index is 12.9. The summed E-state index contributed by atoms with van der Waals surface area (Å²) in [6, 6.07) is 6.72. The van der Waals surface area contributed by atoms with Crippen LogP contribution in [0.5, 0.6) is 0 Å². The molecule has 1 aliphatic heterocycles. The smallest absolute Gasteiger partial charge is 0.259 e. The second-order valence-electron chi connectivity index (χ2n) is 6.14. The van der Waals surface area contributed by atoms with Crippen molar-refractivity contribution < 1.29 is 14.0 Å². The van der Waals surface area contributed by atoms with E-state index in [0.717, 1.165) is 6.54 Å². The molecule has 2 aromatic rings. The minimum atomic E-state index is -0.337. The first-order valence-electron chi connectivity index (χ1n) is 8.13. The van der Waals surface area contributed by atoms with Crippen LogP contribution < -0.4 is 10.6 Å². The maximum atomic E-state index is 12.9. The van der Waals surface area contributed by atoms with Crippen LogP contribution in [0.4, 0.5) is 5.69 Å². The van der Waals surface area contributed by atoms with Gasteiger partial charge in [-0.15, -0.1) is 12.4 Å². The number of benzene rings is 1. The van der Waals surface area contributed by atoms with Crippen LogP contribution in [0, 0.1) is 6.92 Å². The summed E-state index contributed by atoms with van der Waals surface area (Å²) in [6.45, 7) is 5.73. The number of aryl methyl sites for hydroxylation is 1. The van der Waals surface area contributed by atoms with Crippen molar-refractivity contribution in [2.24, 2.45) is 0 Å². The first-order valence-corrected chi connectivity index (χ1v) is 8.51. The third-order valence-electron chi connectivity index (χ3n) is 4.22. The predicted octanol–water partition coefficient (Wildman–Crippen LogP) is 3.35. The standard InChI is InChI=1S/C18H20ClN3O3.ClH/c1-11-10-22(7-6-20-11)18(24)15-4-3-13(19)9-16(15)21-17(23)14-5-8-25-12(14)2;/h3-5,8-9,11,20H,6-7,10H2,1-2H3,(H,21,23);1H. The maximum Gasteiger partial charge on any atom is 0.259 e. The number of piperazine rings is 1. The summed E-state index contributed by atoms with van der Waals surface area (Å²) in [4.78, 5) is 27.1. The lowest BCUT2D eigenvalue weighted by Gasteiger charge is -2.32. The lowest BCUT2D eigenvalue weighted by molar-refractivity contribution is 0.0710. The Kier molecular flexibility index (Phi) is 6.69. The molecule has 8 heteroatoms. The van der Waals surface area contributed by atoms with Gasteiger partial charge in [-0.3, -0.25) is 9.59 Å². The Morgan fingerprint density at radius 3 is 2.73 bits per heavy atom. The third kappa shape index (κ3) is 4.38. The van der Waals surface area contributed by atoms with Crippen LogP contribution in [0.3, 0.4) is 0 Å². The summed E-state index contributed by atoms with van der Waals surface area (Å²) >= 11 is 6.07. The molecule has 0 saturated carbocycles. The van der Waals surface area contributed by atoms with Gasteiger partial charge in [-0.2, -0.15) is 0 Å². The van der Waals surface area contributed by atoms with Crippen molar-refractivity contribution in [3.05, 3.63) is 52.4 Å². The molecule has 0 spiro atoms. The Hall–Kier alpha value is -2.02. The Balaban J connectivity index is 0.00000243. The van der Waals surface area contributed by atoms with E-state index in [1.165, 1.54) is 6.26 Å². The van der Waals surface area contributed by atoms with Crippen molar-refractivity contribution in [2.45, 2.75) is 19.9 Å².